The molecule has 0 bridgehead atoms. The average Bonchev–Trinajstić information content (AvgIpc) is 2.90. The highest BCUT2D eigenvalue weighted by Crippen LogP contribution is 2.11. The fraction of sp³-hybridized carbons (Fsp3) is 0.552. The number of carbonyl (C=O) groups is 5. The van der Waals surface area contributed by atoms with Gasteiger partial charge in [-0.15, -0.1) is 0 Å². The summed E-state index contributed by atoms with van der Waals surface area (Å²) in [4.78, 5) is 63.6. The third kappa shape index (κ3) is 11.2. The van der Waals surface area contributed by atoms with Gasteiger partial charge in [0, 0.05) is 12.6 Å². The second-order valence-electron chi connectivity index (χ2n) is 10.7. The summed E-state index contributed by atoms with van der Waals surface area (Å²) in [6, 6.07) is 1.74. The topological polar surface area (TPSA) is 155 Å². The number of halogens is 1. The van der Waals surface area contributed by atoms with Crippen molar-refractivity contribution in [3.05, 3.63) is 47.8 Å². The van der Waals surface area contributed by atoms with Gasteiger partial charge in [0.1, 0.15) is 23.9 Å². The maximum atomic E-state index is 13.8. The molecule has 1 unspecified atom stereocenters. The summed E-state index contributed by atoms with van der Waals surface area (Å²) >= 11 is 0. The lowest BCUT2D eigenvalue weighted by Gasteiger charge is -2.27. The van der Waals surface area contributed by atoms with Crippen LogP contribution in [0.3, 0.4) is 0 Å². The van der Waals surface area contributed by atoms with Crippen molar-refractivity contribution in [2.24, 2.45) is 11.8 Å². The lowest BCUT2D eigenvalue weighted by Crippen LogP contribution is -2.59. The van der Waals surface area contributed by atoms with Gasteiger partial charge in [-0.05, 0) is 55.2 Å². The van der Waals surface area contributed by atoms with E-state index in [4.69, 9.17) is 4.74 Å². The molecule has 12 heteroatoms. The summed E-state index contributed by atoms with van der Waals surface area (Å²) in [5.74, 6) is -2.96. The Morgan fingerprint density at radius 1 is 1.05 bits per heavy atom. The molecule has 2 rings (SSSR count). The normalized spacial score (nSPS) is 20.4. The standard InChI is InChI=1S/C29H42FN5O6/c1-17(2)24(34-29(40)35-25(18(3)4)28(39)41-5)27(38)33-22-11-6-7-14-31-23(36)13-12-21(32-26(22)37)16-19-9-8-10-20(30)15-19/h8-10,12-13,15,17-18,21-22,24-25H,6-7,11,14,16H2,1-5H3,(H,31,36)(H,32,37)(H,33,38)(H2,34,35,40)/b13-12+/t21-,22+,24+,25?/m1/s1. The maximum Gasteiger partial charge on any atom is 0.328 e. The summed E-state index contributed by atoms with van der Waals surface area (Å²) in [6.07, 6.45) is 4.50. The molecule has 1 aromatic rings. The minimum Gasteiger partial charge on any atom is -0.467 e. The number of nitrogens with one attached hydrogen (secondary N) is 5. The minimum atomic E-state index is -1.00. The molecule has 41 heavy (non-hydrogen) atoms. The van der Waals surface area contributed by atoms with E-state index in [0.29, 0.717) is 31.4 Å². The van der Waals surface area contributed by atoms with Gasteiger partial charge >= 0.3 is 12.0 Å². The molecule has 1 aliphatic rings. The smallest absolute Gasteiger partial charge is 0.328 e. The zero-order chi connectivity index (χ0) is 30.5. The Labute approximate surface area is 240 Å². The summed E-state index contributed by atoms with van der Waals surface area (Å²) in [5, 5.41) is 13.6. The van der Waals surface area contributed by atoms with Crippen LogP contribution in [0, 0.1) is 17.7 Å². The van der Waals surface area contributed by atoms with Crippen molar-refractivity contribution < 1.29 is 33.1 Å². The monoisotopic (exact) mass is 575 g/mol. The number of urea groups is 1. The molecule has 0 radical (unpaired) electrons. The van der Waals surface area contributed by atoms with E-state index < -0.39 is 53.8 Å². The van der Waals surface area contributed by atoms with Crippen molar-refractivity contribution in [2.45, 2.75) is 77.5 Å². The van der Waals surface area contributed by atoms with Gasteiger partial charge in [-0.3, -0.25) is 14.4 Å². The van der Waals surface area contributed by atoms with Crippen LogP contribution in [0.5, 0.6) is 0 Å². The van der Waals surface area contributed by atoms with Gasteiger partial charge in [-0.25, -0.2) is 14.0 Å². The maximum absolute atomic E-state index is 13.8. The molecule has 226 valence electrons. The Morgan fingerprint density at radius 3 is 2.37 bits per heavy atom. The Kier molecular flexibility index (Phi) is 13.2. The third-order valence-corrected chi connectivity index (χ3v) is 6.65. The first kappa shape index (κ1) is 33.2. The van der Waals surface area contributed by atoms with Crippen LogP contribution in [-0.2, 0) is 30.3 Å². The summed E-state index contributed by atoms with van der Waals surface area (Å²) in [7, 11) is 1.22. The van der Waals surface area contributed by atoms with Crippen LogP contribution in [0.2, 0.25) is 0 Å². The van der Waals surface area contributed by atoms with E-state index in [9.17, 15) is 28.4 Å². The highest BCUT2D eigenvalue weighted by atomic mass is 19.1. The van der Waals surface area contributed by atoms with Gasteiger partial charge in [-0.2, -0.15) is 0 Å². The van der Waals surface area contributed by atoms with Gasteiger partial charge in [0.15, 0.2) is 0 Å². The van der Waals surface area contributed by atoms with E-state index in [1.165, 1.54) is 31.4 Å². The molecule has 0 spiro atoms. The van der Waals surface area contributed by atoms with E-state index in [2.05, 4.69) is 26.6 Å². The van der Waals surface area contributed by atoms with E-state index in [0.717, 1.165) is 0 Å². The molecular weight excluding hydrogens is 533 g/mol. The number of carbonyl (C=O) groups excluding carboxylic acids is 5. The van der Waals surface area contributed by atoms with Crippen LogP contribution in [0.25, 0.3) is 0 Å². The van der Waals surface area contributed by atoms with E-state index in [1.54, 1.807) is 39.8 Å². The predicted octanol–water partition coefficient (Wildman–Crippen LogP) is 1.72. The lowest BCUT2D eigenvalue weighted by molar-refractivity contribution is -0.144. The summed E-state index contributed by atoms with van der Waals surface area (Å²) in [6.45, 7) is 7.38. The quantitative estimate of drug-likeness (QED) is 0.283. The highest BCUT2D eigenvalue weighted by Gasteiger charge is 2.31. The zero-order valence-corrected chi connectivity index (χ0v) is 24.3. The molecule has 1 aliphatic heterocycles. The first-order valence-electron chi connectivity index (χ1n) is 13.9. The molecule has 4 atom stereocenters. The molecule has 1 heterocycles. The Balaban J connectivity index is 2.18. The fourth-order valence-corrected chi connectivity index (χ4v) is 4.33. The number of methoxy groups -OCH3 is 1. The Morgan fingerprint density at radius 2 is 1.73 bits per heavy atom. The largest absolute Gasteiger partial charge is 0.467 e. The molecule has 0 aromatic heterocycles. The van der Waals surface area contributed by atoms with Gasteiger partial charge < -0.3 is 31.3 Å². The molecular formula is C29H42FN5O6. The molecule has 0 aliphatic carbocycles. The number of benzene rings is 1. The van der Waals surface area contributed by atoms with Crippen molar-refractivity contribution in [3.8, 4) is 0 Å². The number of esters is 1. The van der Waals surface area contributed by atoms with Crippen LogP contribution in [0.15, 0.2) is 36.4 Å². The van der Waals surface area contributed by atoms with Crippen LogP contribution in [0.1, 0.15) is 52.5 Å². The van der Waals surface area contributed by atoms with Crippen molar-refractivity contribution in [2.75, 3.05) is 13.7 Å². The number of amides is 5. The third-order valence-electron chi connectivity index (χ3n) is 6.65. The number of ether oxygens (including phenoxy) is 1. The molecule has 5 N–H and O–H groups in total. The molecule has 11 nitrogen and oxygen atoms in total. The van der Waals surface area contributed by atoms with Crippen LogP contribution < -0.4 is 26.6 Å². The minimum absolute atomic E-state index is 0.224. The van der Waals surface area contributed by atoms with Crippen LogP contribution in [0.4, 0.5) is 9.18 Å². The Hall–Kier alpha value is -3.96. The lowest BCUT2D eigenvalue weighted by atomic mass is 10.0. The first-order chi connectivity index (χ1) is 19.4. The van der Waals surface area contributed by atoms with Crippen LogP contribution >= 0.6 is 0 Å². The molecule has 5 amide bonds. The van der Waals surface area contributed by atoms with Crippen molar-refractivity contribution in [3.63, 3.8) is 0 Å². The summed E-state index contributed by atoms with van der Waals surface area (Å²) in [5.41, 5.74) is 0.620. The van der Waals surface area contributed by atoms with Gasteiger partial charge in [-0.1, -0.05) is 45.9 Å². The highest BCUT2D eigenvalue weighted by molar-refractivity contribution is 5.93. The number of hydrogen-bond donors (Lipinski definition) is 5. The second-order valence-corrected chi connectivity index (χ2v) is 10.7. The first-order valence-corrected chi connectivity index (χ1v) is 13.9. The van der Waals surface area contributed by atoms with Gasteiger partial charge in [0.05, 0.1) is 13.2 Å². The number of hydrogen-bond acceptors (Lipinski definition) is 6. The Bertz CT molecular complexity index is 1110. The van der Waals surface area contributed by atoms with Crippen molar-refractivity contribution in [1.82, 2.24) is 26.6 Å². The van der Waals surface area contributed by atoms with E-state index in [-0.39, 0.29) is 24.2 Å². The van der Waals surface area contributed by atoms with Crippen molar-refractivity contribution >= 4 is 29.7 Å². The molecule has 0 fully saturated rings. The van der Waals surface area contributed by atoms with E-state index in [1.807, 2.05) is 0 Å². The average molecular weight is 576 g/mol. The van der Waals surface area contributed by atoms with Gasteiger partial charge in [0.2, 0.25) is 17.7 Å². The van der Waals surface area contributed by atoms with Crippen LogP contribution in [-0.4, -0.2) is 67.5 Å². The zero-order valence-electron chi connectivity index (χ0n) is 24.3. The number of rotatable bonds is 9. The molecule has 0 saturated heterocycles. The predicted molar refractivity (Wildman–Crippen MR) is 151 cm³/mol. The van der Waals surface area contributed by atoms with Crippen molar-refractivity contribution in [1.29, 1.82) is 0 Å². The molecule has 1 aromatic carbocycles. The van der Waals surface area contributed by atoms with Gasteiger partial charge in [0.25, 0.3) is 0 Å². The fourth-order valence-electron chi connectivity index (χ4n) is 4.33. The van der Waals surface area contributed by atoms with E-state index >= 15 is 0 Å². The second kappa shape index (κ2) is 16.3. The summed E-state index contributed by atoms with van der Waals surface area (Å²) < 4.78 is 18.5. The molecule has 0 saturated carbocycles. The SMILES string of the molecule is COC(=O)C(NC(=O)N[C@H](C(=O)N[C@H]1CCCCNC(=O)/C=C/[C@H](Cc2cccc(F)c2)NC1=O)C(C)C)C(C)C.